The highest BCUT2D eigenvalue weighted by atomic mass is 19.1. The molecule has 2 aromatic carbocycles. The van der Waals surface area contributed by atoms with Crippen LogP contribution in [0.5, 0.6) is 0 Å². The average molecular weight is 481 g/mol. The molecule has 0 unspecified atom stereocenters. The molecular formula is C23H26F2N10. The highest BCUT2D eigenvalue weighted by Gasteiger charge is 2.21. The van der Waals surface area contributed by atoms with Gasteiger partial charge in [0.2, 0.25) is 0 Å². The number of nitrogens with zero attached hydrogens (tertiary/aromatic N) is 10. The Labute approximate surface area is 201 Å². The minimum Gasteiger partial charge on any atom is -0.295 e. The Balaban J connectivity index is 1.26. The third-order valence-electron chi connectivity index (χ3n) is 6.14. The molecule has 0 atom stereocenters. The van der Waals surface area contributed by atoms with E-state index in [0.717, 1.165) is 43.7 Å². The number of aryl methyl sites for hydroxylation is 2. The molecule has 0 aliphatic carbocycles. The number of benzene rings is 2. The van der Waals surface area contributed by atoms with Crippen LogP contribution in [0.3, 0.4) is 0 Å². The first-order valence-electron chi connectivity index (χ1n) is 11.5. The molecule has 0 amide bonds. The lowest BCUT2D eigenvalue weighted by molar-refractivity contribution is 0.238. The fourth-order valence-corrected chi connectivity index (χ4v) is 4.29. The number of halogens is 2. The Morgan fingerprint density at radius 1 is 0.686 bits per heavy atom. The minimum absolute atomic E-state index is 0.344. The molecule has 5 rings (SSSR count). The predicted octanol–water partition coefficient (Wildman–Crippen LogP) is 2.24. The summed E-state index contributed by atoms with van der Waals surface area (Å²) in [6, 6.07) is 9.76. The molecule has 4 aromatic rings. The second-order valence-electron chi connectivity index (χ2n) is 8.83. The summed E-state index contributed by atoms with van der Waals surface area (Å²) in [5.74, 6) is 0.437. The monoisotopic (exact) mass is 480 g/mol. The molecule has 35 heavy (non-hydrogen) atoms. The zero-order chi connectivity index (χ0) is 24.4. The Hall–Kier alpha value is -3.64. The van der Waals surface area contributed by atoms with Crippen molar-refractivity contribution in [2.24, 2.45) is 0 Å². The maximum absolute atomic E-state index is 14.4. The van der Waals surface area contributed by atoms with Crippen LogP contribution in [-0.2, 0) is 13.1 Å². The quantitative estimate of drug-likeness (QED) is 0.415. The zero-order valence-electron chi connectivity index (χ0n) is 19.6. The molecule has 1 saturated heterocycles. The molecule has 182 valence electrons. The number of hydrogen-bond acceptors (Lipinski definition) is 8. The highest BCUT2D eigenvalue weighted by molar-refractivity contribution is 5.37. The first-order valence-corrected chi connectivity index (χ1v) is 11.5. The van der Waals surface area contributed by atoms with E-state index in [0.29, 0.717) is 36.1 Å². The summed E-state index contributed by atoms with van der Waals surface area (Å²) in [6.07, 6.45) is 0.917. The van der Waals surface area contributed by atoms with Crippen LogP contribution in [0, 0.1) is 25.5 Å². The van der Waals surface area contributed by atoms with Gasteiger partial charge < -0.3 is 0 Å². The lowest BCUT2D eigenvalue weighted by atomic mass is 10.2. The Morgan fingerprint density at radius 3 is 1.60 bits per heavy atom. The predicted molar refractivity (Wildman–Crippen MR) is 123 cm³/mol. The third-order valence-corrected chi connectivity index (χ3v) is 6.14. The van der Waals surface area contributed by atoms with Crippen molar-refractivity contribution >= 4 is 0 Å². The highest BCUT2D eigenvalue weighted by Crippen LogP contribution is 2.18. The summed E-state index contributed by atoms with van der Waals surface area (Å²) < 4.78 is 31.8. The van der Waals surface area contributed by atoms with Crippen molar-refractivity contribution in [1.82, 2.24) is 50.2 Å². The number of rotatable bonds is 6. The second-order valence-corrected chi connectivity index (χ2v) is 8.83. The number of tetrazole rings is 2. The van der Waals surface area contributed by atoms with Gasteiger partial charge in [0.05, 0.1) is 13.1 Å². The van der Waals surface area contributed by atoms with Crippen LogP contribution >= 0.6 is 0 Å². The van der Waals surface area contributed by atoms with Crippen LogP contribution in [0.1, 0.15) is 29.2 Å². The van der Waals surface area contributed by atoms with E-state index >= 15 is 0 Å². The van der Waals surface area contributed by atoms with Gasteiger partial charge in [-0.2, -0.15) is 9.36 Å². The Morgan fingerprint density at radius 2 is 1.14 bits per heavy atom. The van der Waals surface area contributed by atoms with Gasteiger partial charge in [-0.15, -0.1) is 10.2 Å². The first-order chi connectivity index (χ1) is 17.0. The van der Waals surface area contributed by atoms with Crippen molar-refractivity contribution in [3.63, 3.8) is 0 Å². The largest absolute Gasteiger partial charge is 0.295 e. The topological polar surface area (TPSA) is 93.7 Å². The van der Waals surface area contributed by atoms with E-state index in [4.69, 9.17) is 0 Å². The maximum atomic E-state index is 14.4. The molecule has 0 saturated carbocycles. The van der Waals surface area contributed by atoms with Crippen LogP contribution in [-0.4, -0.2) is 76.4 Å². The van der Waals surface area contributed by atoms with E-state index in [1.807, 2.05) is 13.8 Å². The van der Waals surface area contributed by atoms with Crippen molar-refractivity contribution in [2.45, 2.75) is 33.4 Å². The van der Waals surface area contributed by atoms with Gasteiger partial charge in [-0.05, 0) is 89.6 Å². The van der Waals surface area contributed by atoms with E-state index in [-0.39, 0.29) is 11.6 Å². The summed E-state index contributed by atoms with van der Waals surface area (Å²) in [6.45, 7) is 8.03. The SMILES string of the molecule is Cc1ccc(F)c(-n2nnnc2CN2CCCN(Cc3nnnn3-c3cc(C)ccc3F)CC2)c1. The molecule has 3 heterocycles. The molecule has 1 aliphatic heterocycles. The molecule has 12 heteroatoms. The second kappa shape index (κ2) is 9.92. The van der Waals surface area contributed by atoms with Gasteiger partial charge in [0, 0.05) is 13.1 Å². The molecule has 0 bridgehead atoms. The first kappa shape index (κ1) is 23.1. The van der Waals surface area contributed by atoms with Gasteiger partial charge in [0.25, 0.3) is 0 Å². The molecule has 0 spiro atoms. The molecule has 1 fully saturated rings. The van der Waals surface area contributed by atoms with E-state index in [1.165, 1.54) is 21.5 Å². The van der Waals surface area contributed by atoms with Crippen LogP contribution in [0.2, 0.25) is 0 Å². The lowest BCUT2D eigenvalue weighted by Crippen LogP contribution is -2.31. The van der Waals surface area contributed by atoms with Crippen molar-refractivity contribution in [2.75, 3.05) is 26.2 Å². The van der Waals surface area contributed by atoms with Gasteiger partial charge in [-0.1, -0.05) is 12.1 Å². The molecule has 10 nitrogen and oxygen atoms in total. The standard InChI is InChI=1S/C23H26F2N10/c1-16-4-6-18(24)20(12-16)34-22(26-28-30-34)14-32-8-3-9-33(11-10-32)15-23-27-29-31-35(23)21-13-17(2)5-7-19(21)25/h4-7,12-13H,3,8-11,14-15H2,1-2H3. The van der Waals surface area contributed by atoms with E-state index in [9.17, 15) is 8.78 Å². The third kappa shape index (κ3) is 5.08. The summed E-state index contributed by atoms with van der Waals surface area (Å²) in [7, 11) is 0. The normalized spacial score (nSPS) is 15.4. The van der Waals surface area contributed by atoms with Gasteiger partial charge in [0.15, 0.2) is 11.6 Å². The van der Waals surface area contributed by atoms with Gasteiger partial charge in [-0.3, -0.25) is 9.80 Å². The molecule has 1 aliphatic rings. The van der Waals surface area contributed by atoms with E-state index in [2.05, 4.69) is 40.9 Å². The maximum Gasteiger partial charge on any atom is 0.170 e. The fraction of sp³-hybridized carbons (Fsp3) is 0.391. The fourth-order valence-electron chi connectivity index (χ4n) is 4.29. The Bertz CT molecular complexity index is 1220. The van der Waals surface area contributed by atoms with E-state index < -0.39 is 0 Å². The van der Waals surface area contributed by atoms with E-state index in [1.54, 1.807) is 24.3 Å². The summed E-state index contributed by atoms with van der Waals surface area (Å²) in [5, 5.41) is 23.9. The van der Waals surface area contributed by atoms with Crippen molar-refractivity contribution in [1.29, 1.82) is 0 Å². The van der Waals surface area contributed by atoms with Crippen molar-refractivity contribution in [3.05, 3.63) is 70.8 Å². The average Bonchev–Trinajstić information content (AvgIpc) is 3.43. The van der Waals surface area contributed by atoms with Crippen LogP contribution in [0.25, 0.3) is 11.4 Å². The zero-order valence-corrected chi connectivity index (χ0v) is 19.6. The van der Waals surface area contributed by atoms with Crippen LogP contribution in [0.15, 0.2) is 36.4 Å². The molecular weight excluding hydrogens is 454 g/mol. The van der Waals surface area contributed by atoms with Crippen molar-refractivity contribution in [3.8, 4) is 11.4 Å². The van der Waals surface area contributed by atoms with Crippen LogP contribution in [0.4, 0.5) is 8.78 Å². The Kier molecular flexibility index (Phi) is 6.55. The number of hydrogen-bond donors (Lipinski definition) is 0. The molecule has 2 aromatic heterocycles. The summed E-state index contributed by atoms with van der Waals surface area (Å²) >= 11 is 0. The van der Waals surface area contributed by atoms with Gasteiger partial charge in [0.1, 0.15) is 23.0 Å². The van der Waals surface area contributed by atoms with Gasteiger partial charge in [-0.25, -0.2) is 8.78 Å². The summed E-state index contributed by atoms with van der Waals surface area (Å²) in [4.78, 5) is 4.50. The molecule has 0 N–H and O–H groups in total. The smallest absolute Gasteiger partial charge is 0.170 e. The summed E-state index contributed by atoms with van der Waals surface area (Å²) in [5.41, 5.74) is 2.55. The lowest BCUT2D eigenvalue weighted by Gasteiger charge is -2.21. The van der Waals surface area contributed by atoms with Gasteiger partial charge >= 0.3 is 0 Å². The van der Waals surface area contributed by atoms with Crippen molar-refractivity contribution < 1.29 is 8.78 Å². The van der Waals surface area contributed by atoms with Crippen LogP contribution < -0.4 is 0 Å². The molecule has 0 radical (unpaired) electrons. The number of aromatic nitrogens is 8. The minimum atomic E-state index is -0.367.